The summed E-state index contributed by atoms with van der Waals surface area (Å²) in [6, 6.07) is 3.39. The van der Waals surface area contributed by atoms with Gasteiger partial charge >= 0.3 is 0 Å². The van der Waals surface area contributed by atoms with Crippen molar-refractivity contribution in [2.45, 2.75) is 24.3 Å². The number of rotatable bonds is 4. The number of nitrogens with two attached hydrogens (primary N) is 2. The Hall–Kier alpha value is -1.95. The van der Waals surface area contributed by atoms with Gasteiger partial charge in [0.25, 0.3) is 0 Å². The average Bonchev–Trinajstić information content (AvgIpc) is 2.34. The molecule has 1 aromatic rings. The summed E-state index contributed by atoms with van der Waals surface area (Å²) in [5.41, 5.74) is 9.04. The summed E-state index contributed by atoms with van der Waals surface area (Å²) in [5.74, 6) is 3.26. The van der Waals surface area contributed by atoms with E-state index >= 15 is 0 Å². The molecule has 0 aliphatic heterocycles. The highest BCUT2D eigenvalue weighted by Gasteiger charge is 2.32. The lowest BCUT2D eigenvalue weighted by Crippen LogP contribution is -2.52. The minimum Gasteiger partial charge on any atom is -0.368 e. The van der Waals surface area contributed by atoms with Gasteiger partial charge in [0, 0.05) is 5.56 Å². The monoisotopic (exact) mass is 313 g/mol. The van der Waals surface area contributed by atoms with E-state index in [0.29, 0.717) is 5.56 Å². The molecular formula is C13H16FN3O3S. The Morgan fingerprint density at radius 1 is 1.43 bits per heavy atom. The van der Waals surface area contributed by atoms with Gasteiger partial charge in [-0.3, -0.25) is 4.79 Å². The predicted octanol–water partition coefficient (Wildman–Crippen LogP) is -0.322. The van der Waals surface area contributed by atoms with Crippen LogP contribution in [0.3, 0.4) is 0 Å². The number of carbonyl (C=O) groups is 1. The lowest BCUT2D eigenvalue weighted by Gasteiger charge is -2.22. The predicted molar refractivity (Wildman–Crippen MR) is 75.9 cm³/mol. The van der Waals surface area contributed by atoms with Crippen molar-refractivity contribution in [3.05, 3.63) is 29.6 Å². The van der Waals surface area contributed by atoms with E-state index in [1.165, 1.54) is 19.9 Å². The van der Waals surface area contributed by atoms with E-state index in [9.17, 15) is 17.6 Å². The lowest BCUT2D eigenvalue weighted by atomic mass is 10.1. The summed E-state index contributed by atoms with van der Waals surface area (Å²) in [7, 11) is -4.23. The molecule has 114 valence electrons. The molecule has 0 atom stereocenters. The van der Waals surface area contributed by atoms with Crippen molar-refractivity contribution in [3.63, 3.8) is 0 Å². The van der Waals surface area contributed by atoms with E-state index < -0.39 is 32.2 Å². The highest BCUT2D eigenvalue weighted by molar-refractivity contribution is 7.89. The third-order valence-corrected chi connectivity index (χ3v) is 4.25. The van der Waals surface area contributed by atoms with Gasteiger partial charge in [-0.25, -0.2) is 12.8 Å². The third-order valence-electron chi connectivity index (χ3n) is 2.56. The molecule has 1 aromatic carbocycles. The molecule has 0 unspecified atom stereocenters. The van der Waals surface area contributed by atoms with Crippen LogP contribution in [0.4, 0.5) is 4.39 Å². The minimum absolute atomic E-state index is 0.107. The van der Waals surface area contributed by atoms with E-state index in [1.54, 1.807) is 0 Å². The molecule has 0 saturated heterocycles. The summed E-state index contributed by atoms with van der Waals surface area (Å²) < 4.78 is 40.1. The molecule has 0 heterocycles. The number of sulfonamides is 1. The molecule has 0 aliphatic rings. The molecule has 8 heteroatoms. The lowest BCUT2D eigenvalue weighted by molar-refractivity contribution is -0.122. The summed E-state index contributed by atoms with van der Waals surface area (Å²) in [6.45, 7) is 2.67. The Balaban J connectivity index is 3.19. The second kappa shape index (κ2) is 6.22. The van der Waals surface area contributed by atoms with Gasteiger partial charge in [0.15, 0.2) is 0 Å². The molecule has 0 spiro atoms. The number of benzene rings is 1. The third kappa shape index (κ3) is 4.26. The fourth-order valence-electron chi connectivity index (χ4n) is 1.39. The molecule has 5 N–H and O–H groups in total. The van der Waals surface area contributed by atoms with Crippen LogP contribution in [0.15, 0.2) is 23.1 Å². The quantitative estimate of drug-likeness (QED) is 0.661. The molecule has 1 amide bonds. The topological polar surface area (TPSA) is 115 Å². The van der Waals surface area contributed by atoms with Crippen LogP contribution in [0.1, 0.15) is 19.4 Å². The van der Waals surface area contributed by atoms with Crippen molar-refractivity contribution in [3.8, 4) is 11.8 Å². The van der Waals surface area contributed by atoms with Gasteiger partial charge in [-0.15, -0.1) is 0 Å². The van der Waals surface area contributed by atoms with Gasteiger partial charge in [0.05, 0.1) is 6.54 Å². The largest absolute Gasteiger partial charge is 0.368 e. The number of primary amides is 1. The van der Waals surface area contributed by atoms with Crippen LogP contribution in [0.25, 0.3) is 0 Å². The van der Waals surface area contributed by atoms with Crippen LogP contribution < -0.4 is 16.2 Å². The van der Waals surface area contributed by atoms with Gasteiger partial charge in [0.2, 0.25) is 15.9 Å². The fourth-order valence-corrected chi connectivity index (χ4v) is 2.84. The first-order valence-electron chi connectivity index (χ1n) is 5.92. The smallest absolute Gasteiger partial charge is 0.244 e. The summed E-state index contributed by atoms with van der Waals surface area (Å²) in [5, 5.41) is 0. The molecule has 1 rings (SSSR count). The normalized spacial score (nSPS) is 11.6. The van der Waals surface area contributed by atoms with E-state index in [0.717, 1.165) is 12.1 Å². The summed E-state index contributed by atoms with van der Waals surface area (Å²) in [6.07, 6.45) is 0. The fraction of sp³-hybridized carbons (Fsp3) is 0.308. The molecule has 0 aliphatic carbocycles. The Kier molecular flexibility index (Phi) is 5.06. The van der Waals surface area contributed by atoms with E-state index in [2.05, 4.69) is 16.6 Å². The van der Waals surface area contributed by atoms with E-state index in [-0.39, 0.29) is 6.54 Å². The summed E-state index contributed by atoms with van der Waals surface area (Å²) >= 11 is 0. The van der Waals surface area contributed by atoms with Crippen LogP contribution in [-0.2, 0) is 14.8 Å². The van der Waals surface area contributed by atoms with Gasteiger partial charge in [0.1, 0.15) is 16.3 Å². The molecule has 21 heavy (non-hydrogen) atoms. The molecule has 6 nitrogen and oxygen atoms in total. The van der Waals surface area contributed by atoms with Crippen molar-refractivity contribution < 1.29 is 17.6 Å². The molecule has 0 radical (unpaired) electrons. The highest BCUT2D eigenvalue weighted by Crippen LogP contribution is 2.18. The Morgan fingerprint density at radius 2 is 2.05 bits per heavy atom. The van der Waals surface area contributed by atoms with Crippen molar-refractivity contribution in [1.82, 2.24) is 4.72 Å². The first-order valence-corrected chi connectivity index (χ1v) is 7.41. The van der Waals surface area contributed by atoms with Crippen molar-refractivity contribution in [2.75, 3.05) is 6.54 Å². The molecule has 0 bridgehead atoms. The molecule has 0 saturated carbocycles. The van der Waals surface area contributed by atoms with Crippen LogP contribution >= 0.6 is 0 Å². The number of hydrogen-bond acceptors (Lipinski definition) is 4. The number of hydrogen-bond donors (Lipinski definition) is 3. The van der Waals surface area contributed by atoms with Gasteiger partial charge in [-0.05, 0) is 32.0 Å². The maximum Gasteiger partial charge on any atom is 0.244 e. The van der Waals surface area contributed by atoms with Gasteiger partial charge in [-0.2, -0.15) is 4.72 Å². The number of halogens is 1. The van der Waals surface area contributed by atoms with Crippen molar-refractivity contribution >= 4 is 15.9 Å². The first-order chi connectivity index (χ1) is 9.60. The number of nitrogens with one attached hydrogen (secondary N) is 1. The number of carbonyl (C=O) groups excluding carboxylic acids is 1. The van der Waals surface area contributed by atoms with E-state index in [1.807, 2.05) is 0 Å². The Labute approximate surface area is 122 Å². The summed E-state index contributed by atoms with van der Waals surface area (Å²) in [4.78, 5) is 10.6. The molecular weight excluding hydrogens is 297 g/mol. The van der Waals surface area contributed by atoms with E-state index in [4.69, 9.17) is 11.5 Å². The van der Waals surface area contributed by atoms with Gasteiger partial charge in [-0.1, -0.05) is 11.8 Å². The van der Waals surface area contributed by atoms with Crippen LogP contribution in [0.2, 0.25) is 0 Å². The van der Waals surface area contributed by atoms with Crippen LogP contribution in [0.5, 0.6) is 0 Å². The van der Waals surface area contributed by atoms with Gasteiger partial charge < -0.3 is 11.5 Å². The molecule has 0 fully saturated rings. The minimum atomic E-state index is -4.23. The van der Waals surface area contributed by atoms with Crippen LogP contribution in [0, 0.1) is 17.7 Å². The van der Waals surface area contributed by atoms with Crippen LogP contribution in [-0.4, -0.2) is 26.4 Å². The maximum absolute atomic E-state index is 13.9. The van der Waals surface area contributed by atoms with Crippen molar-refractivity contribution in [1.29, 1.82) is 0 Å². The standard InChI is InChI=1S/C13H16FN3O3S/c1-13(2,12(16)18)17-21(19,20)11-6-5-9(4-3-7-15)8-10(11)14/h5-6,8,17H,7,15H2,1-2H3,(H2,16,18). The Bertz CT molecular complexity index is 718. The number of amides is 1. The maximum atomic E-state index is 13.9. The second-order valence-corrected chi connectivity index (χ2v) is 6.40. The second-order valence-electron chi connectivity index (χ2n) is 4.75. The van der Waals surface area contributed by atoms with Crippen molar-refractivity contribution in [2.24, 2.45) is 11.5 Å². The first kappa shape index (κ1) is 17.1. The SMILES string of the molecule is CC(C)(NS(=O)(=O)c1ccc(C#CCN)cc1F)C(N)=O. The zero-order chi connectivity index (χ0) is 16.3. The molecule has 0 aromatic heterocycles. The zero-order valence-electron chi connectivity index (χ0n) is 11.6. The zero-order valence-corrected chi connectivity index (χ0v) is 12.4. The average molecular weight is 313 g/mol. The Morgan fingerprint density at radius 3 is 2.52 bits per heavy atom. The highest BCUT2D eigenvalue weighted by atomic mass is 32.2.